The first-order valence-corrected chi connectivity index (χ1v) is 12.4. The molecular weight excluding hydrogens is 490 g/mol. The molecule has 1 fully saturated rings. The lowest BCUT2D eigenvalue weighted by atomic mass is 9.86. The molecule has 0 saturated carbocycles. The number of hydrogen-bond donors (Lipinski definition) is 1. The monoisotopic (exact) mass is 513 g/mol. The minimum absolute atomic E-state index is 0.00746. The van der Waals surface area contributed by atoms with Gasteiger partial charge in [-0.2, -0.15) is 0 Å². The van der Waals surface area contributed by atoms with Crippen molar-refractivity contribution in [1.82, 2.24) is 14.8 Å². The first-order chi connectivity index (χ1) is 16.6. The van der Waals surface area contributed by atoms with Crippen LogP contribution in [0.25, 0.3) is 10.9 Å². The molecule has 5 nitrogen and oxygen atoms in total. The van der Waals surface area contributed by atoms with Gasteiger partial charge >= 0.3 is 0 Å². The Labute approximate surface area is 206 Å². The molecule has 6 heteroatoms. The van der Waals surface area contributed by atoms with Gasteiger partial charge in [0.25, 0.3) is 0 Å². The van der Waals surface area contributed by atoms with Crippen LogP contribution in [0.3, 0.4) is 0 Å². The van der Waals surface area contributed by atoms with Crippen molar-refractivity contribution in [1.29, 1.82) is 0 Å². The number of rotatable bonds is 4. The van der Waals surface area contributed by atoms with Gasteiger partial charge in [-0.15, -0.1) is 0 Å². The van der Waals surface area contributed by atoms with Crippen molar-refractivity contribution in [3.63, 3.8) is 0 Å². The molecule has 2 atom stereocenters. The van der Waals surface area contributed by atoms with Crippen molar-refractivity contribution in [3.8, 4) is 0 Å². The molecule has 2 aliphatic rings. The predicted octanol–water partition coefficient (Wildman–Crippen LogP) is 4.86. The summed E-state index contributed by atoms with van der Waals surface area (Å²) in [7, 11) is 0. The normalized spacial score (nSPS) is 19.9. The number of piperazine rings is 1. The number of fused-ring (bicyclic) bond motifs is 4. The van der Waals surface area contributed by atoms with Gasteiger partial charge in [-0.3, -0.25) is 9.59 Å². The van der Waals surface area contributed by atoms with E-state index < -0.39 is 6.04 Å². The molecule has 4 aromatic rings. The molecule has 6 rings (SSSR count). The maximum atomic E-state index is 13.8. The van der Waals surface area contributed by atoms with E-state index in [-0.39, 0.29) is 24.4 Å². The Morgan fingerprint density at radius 1 is 0.941 bits per heavy atom. The topological polar surface area (TPSA) is 56.4 Å². The molecule has 2 unspecified atom stereocenters. The average Bonchev–Trinajstić information content (AvgIpc) is 3.23. The predicted molar refractivity (Wildman–Crippen MR) is 135 cm³/mol. The molecular formula is C28H24BrN3O2. The summed E-state index contributed by atoms with van der Waals surface area (Å²) in [6, 6.07) is 25.5. The summed E-state index contributed by atoms with van der Waals surface area (Å²) in [6.45, 7) is 0.656. The minimum Gasteiger partial charge on any atom is -0.356 e. The highest BCUT2D eigenvalue weighted by Gasteiger charge is 2.48. The Morgan fingerprint density at radius 3 is 2.56 bits per heavy atom. The molecule has 1 N–H and O–H groups in total. The van der Waals surface area contributed by atoms with Crippen LogP contribution in [0.15, 0.2) is 83.3 Å². The van der Waals surface area contributed by atoms with E-state index in [1.807, 2.05) is 59.5 Å². The van der Waals surface area contributed by atoms with Gasteiger partial charge in [0.15, 0.2) is 0 Å². The largest absolute Gasteiger partial charge is 0.356 e. The number of amides is 2. The summed E-state index contributed by atoms with van der Waals surface area (Å²) in [5.41, 5.74) is 5.33. The van der Waals surface area contributed by atoms with E-state index in [0.29, 0.717) is 13.0 Å². The number of para-hydroxylation sites is 1. The molecule has 3 heterocycles. The SMILES string of the molecule is O=C1C2Cc3c([nH]c4ccccc34)C(c3cccc(Br)c3)N2C(=O)CN1CCc1ccccc1. The molecule has 170 valence electrons. The summed E-state index contributed by atoms with van der Waals surface area (Å²) in [5.74, 6) is 0.0263. The zero-order valence-electron chi connectivity index (χ0n) is 18.6. The lowest BCUT2D eigenvalue weighted by Gasteiger charge is -2.47. The van der Waals surface area contributed by atoms with Crippen LogP contribution in [0.1, 0.15) is 28.4 Å². The molecule has 0 bridgehead atoms. The second kappa shape index (κ2) is 8.44. The second-order valence-electron chi connectivity index (χ2n) is 9.04. The van der Waals surface area contributed by atoms with Gasteiger partial charge < -0.3 is 14.8 Å². The van der Waals surface area contributed by atoms with E-state index in [2.05, 4.69) is 45.2 Å². The van der Waals surface area contributed by atoms with Crippen molar-refractivity contribution in [2.75, 3.05) is 13.1 Å². The fourth-order valence-corrected chi connectivity index (χ4v) is 5.86. The van der Waals surface area contributed by atoms with E-state index in [1.54, 1.807) is 4.90 Å². The van der Waals surface area contributed by atoms with Crippen molar-refractivity contribution in [2.45, 2.75) is 24.9 Å². The van der Waals surface area contributed by atoms with Crippen LogP contribution in [0, 0.1) is 0 Å². The number of carbonyl (C=O) groups excluding carboxylic acids is 2. The van der Waals surface area contributed by atoms with E-state index >= 15 is 0 Å². The molecule has 1 aromatic heterocycles. The molecule has 1 saturated heterocycles. The van der Waals surface area contributed by atoms with Gasteiger partial charge in [-0.1, -0.05) is 76.6 Å². The fourth-order valence-electron chi connectivity index (χ4n) is 5.44. The van der Waals surface area contributed by atoms with Crippen LogP contribution in [-0.2, 0) is 22.4 Å². The first kappa shape index (κ1) is 21.2. The molecule has 0 spiro atoms. The summed E-state index contributed by atoms with van der Waals surface area (Å²) >= 11 is 3.58. The maximum Gasteiger partial charge on any atom is 0.246 e. The Hall–Kier alpha value is -3.38. The van der Waals surface area contributed by atoms with Crippen LogP contribution in [-0.4, -0.2) is 45.7 Å². The quantitative estimate of drug-likeness (QED) is 0.423. The summed E-state index contributed by atoms with van der Waals surface area (Å²) in [5, 5.41) is 1.12. The molecule has 2 aliphatic heterocycles. The molecule has 0 radical (unpaired) electrons. The van der Waals surface area contributed by atoms with Crippen LogP contribution in [0.5, 0.6) is 0 Å². The summed E-state index contributed by atoms with van der Waals surface area (Å²) in [4.78, 5) is 34.5. The number of benzene rings is 3. The lowest BCUT2D eigenvalue weighted by Crippen LogP contribution is -2.63. The van der Waals surface area contributed by atoms with Crippen LogP contribution in [0.2, 0.25) is 0 Å². The fraction of sp³-hybridized carbons (Fsp3) is 0.214. The zero-order valence-corrected chi connectivity index (χ0v) is 20.2. The third-order valence-corrected chi connectivity index (χ3v) is 7.51. The Morgan fingerprint density at radius 2 is 1.74 bits per heavy atom. The third kappa shape index (κ3) is 3.53. The number of aromatic amines is 1. The molecule has 2 amide bonds. The Kier molecular flexibility index (Phi) is 5.26. The minimum atomic E-state index is -0.507. The molecule has 0 aliphatic carbocycles. The third-order valence-electron chi connectivity index (χ3n) is 7.02. The van der Waals surface area contributed by atoms with E-state index in [0.717, 1.165) is 38.6 Å². The highest BCUT2D eigenvalue weighted by Crippen LogP contribution is 2.42. The van der Waals surface area contributed by atoms with Crippen molar-refractivity contribution >= 4 is 38.6 Å². The lowest BCUT2D eigenvalue weighted by molar-refractivity contribution is -0.158. The first-order valence-electron chi connectivity index (χ1n) is 11.6. The van der Waals surface area contributed by atoms with Crippen molar-refractivity contribution in [3.05, 3.63) is 106 Å². The summed E-state index contributed by atoms with van der Waals surface area (Å²) < 4.78 is 0.949. The van der Waals surface area contributed by atoms with Crippen molar-refractivity contribution < 1.29 is 9.59 Å². The van der Waals surface area contributed by atoms with Crippen LogP contribution in [0.4, 0.5) is 0 Å². The van der Waals surface area contributed by atoms with Gasteiger partial charge in [0.1, 0.15) is 6.04 Å². The summed E-state index contributed by atoms with van der Waals surface area (Å²) in [6.07, 6.45) is 1.26. The number of halogens is 1. The van der Waals surface area contributed by atoms with Gasteiger partial charge in [0.2, 0.25) is 11.8 Å². The maximum absolute atomic E-state index is 13.8. The number of aromatic nitrogens is 1. The zero-order chi connectivity index (χ0) is 23.2. The number of hydrogen-bond acceptors (Lipinski definition) is 2. The molecule has 34 heavy (non-hydrogen) atoms. The Balaban J connectivity index is 1.41. The number of nitrogens with one attached hydrogen (secondary N) is 1. The van der Waals surface area contributed by atoms with Gasteiger partial charge in [0.05, 0.1) is 12.6 Å². The number of H-pyrrole nitrogens is 1. The van der Waals surface area contributed by atoms with Gasteiger partial charge in [-0.05, 0) is 41.3 Å². The standard InChI is InChI=1S/C28H24BrN3O2/c29-20-10-6-9-19(15-20)27-26-22(21-11-4-5-12-23(21)30-26)16-24-28(34)31(17-25(33)32(24)27)14-13-18-7-2-1-3-8-18/h1-12,15,24,27,30H,13-14,16-17H2. The number of carbonyl (C=O) groups is 2. The number of nitrogens with zero attached hydrogens (tertiary/aromatic N) is 2. The Bertz CT molecular complexity index is 1400. The van der Waals surface area contributed by atoms with Gasteiger partial charge in [-0.25, -0.2) is 0 Å². The van der Waals surface area contributed by atoms with E-state index in [4.69, 9.17) is 0 Å². The van der Waals surface area contributed by atoms with E-state index in [9.17, 15) is 9.59 Å². The highest BCUT2D eigenvalue weighted by molar-refractivity contribution is 9.10. The van der Waals surface area contributed by atoms with E-state index in [1.165, 1.54) is 5.56 Å². The molecule has 3 aromatic carbocycles. The average molecular weight is 514 g/mol. The highest BCUT2D eigenvalue weighted by atomic mass is 79.9. The van der Waals surface area contributed by atoms with Crippen LogP contribution < -0.4 is 0 Å². The van der Waals surface area contributed by atoms with Crippen molar-refractivity contribution in [2.24, 2.45) is 0 Å². The van der Waals surface area contributed by atoms with Crippen LogP contribution >= 0.6 is 15.9 Å². The van der Waals surface area contributed by atoms with Gasteiger partial charge in [0, 0.05) is 34.0 Å². The smallest absolute Gasteiger partial charge is 0.246 e. The second-order valence-corrected chi connectivity index (χ2v) is 9.95.